The van der Waals surface area contributed by atoms with Crippen LogP contribution in [0.3, 0.4) is 0 Å². The first-order chi connectivity index (χ1) is 14.6. The molecule has 2 aromatic carbocycles. The zero-order valence-corrected chi connectivity index (χ0v) is 16.6. The standard InChI is InChI=1S/C22H22N2O6/c1-14-20(30-18-5-3-2-4-17(18)29-14)22(26)24-10-8-23(9-11-24)21(25)15-6-7-16-19(12-15)28-13-27-16/h2-7,12,14,20H,8-11,13H2,1H3. The summed E-state index contributed by atoms with van der Waals surface area (Å²) in [7, 11) is 0. The van der Waals surface area contributed by atoms with Gasteiger partial charge in [0, 0.05) is 31.7 Å². The van der Waals surface area contributed by atoms with Crippen LogP contribution in [0.25, 0.3) is 0 Å². The lowest BCUT2D eigenvalue weighted by atomic mass is 10.1. The lowest BCUT2D eigenvalue weighted by molar-refractivity contribution is -0.145. The Labute approximate surface area is 173 Å². The van der Waals surface area contributed by atoms with Crippen molar-refractivity contribution in [1.82, 2.24) is 9.80 Å². The Morgan fingerprint density at radius 2 is 1.50 bits per heavy atom. The zero-order chi connectivity index (χ0) is 20.7. The number of carbonyl (C=O) groups is 2. The van der Waals surface area contributed by atoms with Crippen molar-refractivity contribution in [2.24, 2.45) is 0 Å². The van der Waals surface area contributed by atoms with Gasteiger partial charge in [-0.15, -0.1) is 0 Å². The summed E-state index contributed by atoms with van der Waals surface area (Å²) in [5.41, 5.74) is 0.549. The first kappa shape index (κ1) is 18.6. The van der Waals surface area contributed by atoms with Crippen molar-refractivity contribution >= 4 is 11.8 Å². The second-order valence-corrected chi connectivity index (χ2v) is 7.49. The fraction of sp³-hybridized carbons (Fsp3) is 0.364. The first-order valence-electron chi connectivity index (χ1n) is 10.0. The van der Waals surface area contributed by atoms with E-state index in [1.807, 2.05) is 25.1 Å². The third-order valence-corrected chi connectivity index (χ3v) is 5.58. The number of ether oxygens (including phenoxy) is 4. The third kappa shape index (κ3) is 3.28. The van der Waals surface area contributed by atoms with Gasteiger partial charge in [-0.05, 0) is 37.3 Å². The Balaban J connectivity index is 1.22. The highest BCUT2D eigenvalue weighted by Crippen LogP contribution is 2.34. The molecular weight excluding hydrogens is 388 g/mol. The van der Waals surface area contributed by atoms with Gasteiger partial charge >= 0.3 is 0 Å². The van der Waals surface area contributed by atoms with Crippen LogP contribution in [0.1, 0.15) is 17.3 Å². The molecule has 8 nitrogen and oxygen atoms in total. The van der Waals surface area contributed by atoms with Crippen molar-refractivity contribution in [1.29, 1.82) is 0 Å². The molecule has 5 rings (SSSR count). The Kier molecular flexibility index (Phi) is 4.61. The molecule has 1 saturated heterocycles. The average Bonchev–Trinajstić information content (AvgIpc) is 3.26. The molecule has 2 unspecified atom stereocenters. The number of hydrogen-bond acceptors (Lipinski definition) is 6. The second kappa shape index (κ2) is 7.44. The largest absolute Gasteiger partial charge is 0.482 e. The quantitative estimate of drug-likeness (QED) is 0.753. The van der Waals surface area contributed by atoms with E-state index in [1.54, 1.807) is 34.1 Å². The number of piperazine rings is 1. The molecule has 0 bridgehead atoms. The smallest absolute Gasteiger partial charge is 0.267 e. The number of carbonyl (C=O) groups excluding carboxylic acids is 2. The Morgan fingerprint density at radius 3 is 2.27 bits per heavy atom. The van der Waals surface area contributed by atoms with Crippen LogP contribution in [0.2, 0.25) is 0 Å². The van der Waals surface area contributed by atoms with E-state index < -0.39 is 6.10 Å². The fourth-order valence-electron chi connectivity index (χ4n) is 3.91. The molecule has 3 aliphatic rings. The van der Waals surface area contributed by atoms with Crippen LogP contribution in [0.4, 0.5) is 0 Å². The summed E-state index contributed by atoms with van der Waals surface area (Å²) in [5.74, 6) is 2.25. The van der Waals surface area contributed by atoms with E-state index in [9.17, 15) is 9.59 Å². The average molecular weight is 410 g/mol. The maximum atomic E-state index is 13.0. The van der Waals surface area contributed by atoms with Crippen LogP contribution in [-0.4, -0.2) is 66.8 Å². The minimum atomic E-state index is -0.698. The molecule has 156 valence electrons. The van der Waals surface area contributed by atoms with Crippen molar-refractivity contribution < 1.29 is 28.5 Å². The molecule has 8 heteroatoms. The predicted molar refractivity (Wildman–Crippen MR) is 106 cm³/mol. The van der Waals surface area contributed by atoms with E-state index in [2.05, 4.69) is 0 Å². The van der Waals surface area contributed by atoms with Gasteiger partial charge in [0.25, 0.3) is 11.8 Å². The summed E-state index contributed by atoms with van der Waals surface area (Å²) in [6, 6.07) is 12.5. The van der Waals surface area contributed by atoms with E-state index in [0.29, 0.717) is 54.7 Å². The highest BCUT2D eigenvalue weighted by Gasteiger charge is 2.38. The molecule has 2 atom stereocenters. The fourth-order valence-corrected chi connectivity index (χ4v) is 3.91. The third-order valence-electron chi connectivity index (χ3n) is 5.58. The van der Waals surface area contributed by atoms with E-state index in [-0.39, 0.29) is 24.7 Å². The van der Waals surface area contributed by atoms with Gasteiger partial charge in [0.15, 0.2) is 23.0 Å². The molecule has 0 N–H and O–H groups in total. The molecule has 0 spiro atoms. The molecule has 3 heterocycles. The Bertz CT molecular complexity index is 985. The van der Waals surface area contributed by atoms with E-state index in [1.165, 1.54) is 0 Å². The zero-order valence-electron chi connectivity index (χ0n) is 16.6. The molecule has 0 aliphatic carbocycles. The van der Waals surface area contributed by atoms with Crippen LogP contribution < -0.4 is 18.9 Å². The van der Waals surface area contributed by atoms with Gasteiger partial charge in [-0.2, -0.15) is 0 Å². The summed E-state index contributed by atoms with van der Waals surface area (Å²) in [6.07, 6.45) is -1.09. The van der Waals surface area contributed by atoms with Crippen molar-refractivity contribution in [3.05, 3.63) is 48.0 Å². The number of nitrogens with zero attached hydrogens (tertiary/aromatic N) is 2. The number of hydrogen-bond donors (Lipinski definition) is 0. The topological polar surface area (TPSA) is 77.5 Å². The maximum Gasteiger partial charge on any atom is 0.267 e. The molecule has 30 heavy (non-hydrogen) atoms. The SMILES string of the molecule is CC1Oc2ccccc2OC1C(=O)N1CCN(C(=O)c2ccc3c(c2)OCO3)CC1. The van der Waals surface area contributed by atoms with Gasteiger partial charge < -0.3 is 28.7 Å². The van der Waals surface area contributed by atoms with Crippen molar-refractivity contribution in [2.45, 2.75) is 19.1 Å². The maximum absolute atomic E-state index is 13.0. The molecule has 3 aliphatic heterocycles. The molecule has 0 aromatic heterocycles. The predicted octanol–water partition coefficient (Wildman–Crippen LogP) is 1.93. The summed E-state index contributed by atoms with van der Waals surface area (Å²) in [5, 5.41) is 0. The number of para-hydroxylation sites is 2. The number of benzene rings is 2. The van der Waals surface area contributed by atoms with E-state index in [4.69, 9.17) is 18.9 Å². The van der Waals surface area contributed by atoms with Crippen molar-refractivity contribution in [3.63, 3.8) is 0 Å². The van der Waals surface area contributed by atoms with Gasteiger partial charge in [-0.1, -0.05) is 12.1 Å². The summed E-state index contributed by atoms with van der Waals surface area (Å²) < 4.78 is 22.4. The van der Waals surface area contributed by atoms with Gasteiger partial charge in [0.05, 0.1) is 0 Å². The minimum absolute atomic E-state index is 0.0834. The summed E-state index contributed by atoms with van der Waals surface area (Å²) in [6.45, 7) is 3.81. The number of rotatable bonds is 2. The van der Waals surface area contributed by atoms with Gasteiger partial charge in [-0.3, -0.25) is 9.59 Å². The summed E-state index contributed by atoms with van der Waals surface area (Å²) in [4.78, 5) is 29.4. The first-order valence-corrected chi connectivity index (χ1v) is 10.0. The van der Waals surface area contributed by atoms with E-state index in [0.717, 1.165) is 0 Å². The molecule has 2 aromatic rings. The van der Waals surface area contributed by atoms with Crippen molar-refractivity contribution in [3.8, 4) is 23.0 Å². The Morgan fingerprint density at radius 1 is 0.833 bits per heavy atom. The lowest BCUT2D eigenvalue weighted by Gasteiger charge is -2.38. The number of amides is 2. The molecule has 0 saturated carbocycles. The van der Waals surface area contributed by atoms with Gasteiger partial charge in [0.1, 0.15) is 6.10 Å². The lowest BCUT2D eigenvalue weighted by Crippen LogP contribution is -2.56. The van der Waals surface area contributed by atoms with Crippen LogP contribution in [0.5, 0.6) is 23.0 Å². The van der Waals surface area contributed by atoms with E-state index >= 15 is 0 Å². The van der Waals surface area contributed by atoms with Crippen LogP contribution in [0.15, 0.2) is 42.5 Å². The molecule has 0 radical (unpaired) electrons. The molecule has 2 amide bonds. The van der Waals surface area contributed by atoms with Crippen LogP contribution in [0, 0.1) is 0 Å². The van der Waals surface area contributed by atoms with Crippen LogP contribution >= 0.6 is 0 Å². The minimum Gasteiger partial charge on any atom is -0.482 e. The molecular formula is C22H22N2O6. The normalized spacial score (nSPS) is 22.0. The van der Waals surface area contributed by atoms with Crippen LogP contribution in [-0.2, 0) is 4.79 Å². The monoisotopic (exact) mass is 410 g/mol. The number of fused-ring (bicyclic) bond motifs is 2. The van der Waals surface area contributed by atoms with Crippen molar-refractivity contribution in [2.75, 3.05) is 33.0 Å². The van der Waals surface area contributed by atoms with Gasteiger partial charge in [0.2, 0.25) is 12.9 Å². The highest BCUT2D eigenvalue weighted by molar-refractivity contribution is 5.95. The molecule has 1 fully saturated rings. The highest BCUT2D eigenvalue weighted by atomic mass is 16.7. The summed E-state index contributed by atoms with van der Waals surface area (Å²) >= 11 is 0. The van der Waals surface area contributed by atoms with Gasteiger partial charge in [-0.25, -0.2) is 0 Å². The second-order valence-electron chi connectivity index (χ2n) is 7.49. The Hall–Kier alpha value is -3.42.